The average Bonchev–Trinajstić information content (AvgIpc) is 3.03. The number of para-hydroxylation sites is 1. The molecule has 2 saturated heterocycles. The third-order valence-electron chi connectivity index (χ3n) is 4.38. The summed E-state index contributed by atoms with van der Waals surface area (Å²) in [7, 11) is 0. The highest BCUT2D eigenvalue weighted by atomic mass is 16.6. The van der Waals surface area contributed by atoms with Crippen molar-refractivity contribution in [3.63, 3.8) is 0 Å². The smallest absolute Gasteiger partial charge is 0.311 e. The summed E-state index contributed by atoms with van der Waals surface area (Å²) in [6.45, 7) is 2.04. The van der Waals surface area contributed by atoms with Gasteiger partial charge in [-0.1, -0.05) is 6.07 Å². The van der Waals surface area contributed by atoms with Gasteiger partial charge in [-0.3, -0.25) is 19.8 Å². The first kappa shape index (κ1) is 13.8. The second-order valence-electron chi connectivity index (χ2n) is 5.54. The fourth-order valence-electron chi connectivity index (χ4n) is 3.36. The molecule has 2 N–H and O–H groups in total. The molecule has 2 aliphatic heterocycles. The molecule has 0 spiro atoms. The van der Waals surface area contributed by atoms with Gasteiger partial charge in [-0.05, 0) is 31.9 Å². The highest BCUT2D eigenvalue weighted by Crippen LogP contribution is 2.31. The summed E-state index contributed by atoms with van der Waals surface area (Å²) in [4.78, 5) is 24.7. The molecule has 0 saturated carbocycles. The fraction of sp³-hybridized carbons (Fsp3) is 0.500. The Bertz CT molecular complexity index is 590. The van der Waals surface area contributed by atoms with Crippen LogP contribution in [0.5, 0.6) is 5.75 Å². The number of nitro groups is 1. The standard InChI is InChI=1S/C14H17N3O4/c18-13-9(3-1-4-12(13)17(20)21)14(19)15-10-6-8-16-7-2-5-11(10)16/h1,3-4,10-11,18H,2,5-8H2,(H,15,19). The predicted molar refractivity (Wildman–Crippen MR) is 75.2 cm³/mol. The van der Waals surface area contributed by atoms with Gasteiger partial charge in [0.15, 0.2) is 0 Å². The number of nitrogens with zero attached hydrogens (tertiary/aromatic N) is 2. The molecule has 1 aromatic carbocycles. The molecule has 2 atom stereocenters. The Labute approximate surface area is 121 Å². The number of hydrogen-bond acceptors (Lipinski definition) is 5. The Hall–Kier alpha value is -2.15. The number of aromatic hydroxyl groups is 1. The molecule has 7 heteroatoms. The molecule has 2 aliphatic rings. The number of amides is 1. The molecule has 0 aliphatic carbocycles. The Morgan fingerprint density at radius 1 is 1.38 bits per heavy atom. The van der Waals surface area contributed by atoms with Crippen LogP contribution >= 0.6 is 0 Å². The first-order valence-corrected chi connectivity index (χ1v) is 7.09. The fourth-order valence-corrected chi connectivity index (χ4v) is 3.36. The van der Waals surface area contributed by atoms with E-state index in [9.17, 15) is 20.0 Å². The first-order chi connectivity index (χ1) is 10.1. The third-order valence-corrected chi connectivity index (χ3v) is 4.38. The number of carbonyl (C=O) groups is 1. The molecule has 0 aromatic heterocycles. The quantitative estimate of drug-likeness (QED) is 0.646. The summed E-state index contributed by atoms with van der Waals surface area (Å²) in [5.74, 6) is -1.02. The van der Waals surface area contributed by atoms with E-state index < -0.39 is 22.3 Å². The molecule has 2 fully saturated rings. The van der Waals surface area contributed by atoms with E-state index in [0.29, 0.717) is 6.04 Å². The second-order valence-corrected chi connectivity index (χ2v) is 5.54. The first-order valence-electron chi connectivity index (χ1n) is 7.09. The molecule has 1 amide bonds. The minimum Gasteiger partial charge on any atom is -0.502 e. The second kappa shape index (κ2) is 5.33. The zero-order valence-electron chi connectivity index (χ0n) is 11.5. The van der Waals surface area contributed by atoms with Gasteiger partial charge in [0.1, 0.15) is 0 Å². The van der Waals surface area contributed by atoms with Crippen LogP contribution in [0.25, 0.3) is 0 Å². The number of phenols is 1. The normalized spacial score (nSPS) is 24.8. The van der Waals surface area contributed by atoms with Crippen LogP contribution in [0.2, 0.25) is 0 Å². The van der Waals surface area contributed by atoms with Gasteiger partial charge in [0, 0.05) is 24.7 Å². The highest BCUT2D eigenvalue weighted by molar-refractivity contribution is 5.98. The van der Waals surface area contributed by atoms with Gasteiger partial charge in [0.05, 0.1) is 10.5 Å². The number of phenolic OH excluding ortho intramolecular Hbond substituents is 1. The number of nitrogens with one attached hydrogen (secondary N) is 1. The molecule has 1 aromatic rings. The van der Waals surface area contributed by atoms with Gasteiger partial charge >= 0.3 is 5.69 Å². The van der Waals surface area contributed by atoms with Crippen LogP contribution in [0.4, 0.5) is 5.69 Å². The van der Waals surface area contributed by atoms with Gasteiger partial charge in [0.25, 0.3) is 5.91 Å². The van der Waals surface area contributed by atoms with Crippen LogP contribution in [0, 0.1) is 10.1 Å². The number of hydrogen-bond donors (Lipinski definition) is 2. The zero-order valence-corrected chi connectivity index (χ0v) is 11.5. The average molecular weight is 291 g/mol. The van der Waals surface area contributed by atoms with Crippen LogP contribution in [-0.4, -0.2) is 46.0 Å². The SMILES string of the molecule is O=C(NC1CCN2CCCC12)c1cccc([N+](=O)[O-])c1O. The van der Waals surface area contributed by atoms with E-state index in [-0.39, 0.29) is 11.6 Å². The lowest BCUT2D eigenvalue weighted by atomic mass is 10.1. The molecule has 112 valence electrons. The molecule has 21 heavy (non-hydrogen) atoms. The van der Waals surface area contributed by atoms with Crippen molar-refractivity contribution in [2.24, 2.45) is 0 Å². The van der Waals surface area contributed by atoms with E-state index >= 15 is 0 Å². The Balaban J connectivity index is 1.77. The third kappa shape index (κ3) is 2.44. The molecular formula is C14H17N3O4. The summed E-state index contributed by atoms with van der Waals surface area (Å²) in [6.07, 6.45) is 3.08. The van der Waals surface area contributed by atoms with E-state index in [1.54, 1.807) is 0 Å². The maximum absolute atomic E-state index is 12.3. The van der Waals surface area contributed by atoms with Gasteiger partial charge in [-0.25, -0.2) is 0 Å². The lowest BCUT2D eigenvalue weighted by Gasteiger charge is -2.21. The van der Waals surface area contributed by atoms with Crippen molar-refractivity contribution in [2.75, 3.05) is 13.1 Å². The zero-order chi connectivity index (χ0) is 15.0. The molecule has 3 rings (SSSR count). The summed E-state index contributed by atoms with van der Waals surface area (Å²) in [5.41, 5.74) is -0.489. The van der Waals surface area contributed by atoms with Gasteiger partial charge < -0.3 is 10.4 Å². The monoisotopic (exact) mass is 291 g/mol. The maximum Gasteiger partial charge on any atom is 0.311 e. The summed E-state index contributed by atoms with van der Waals surface area (Å²) >= 11 is 0. The lowest BCUT2D eigenvalue weighted by Crippen LogP contribution is -2.42. The van der Waals surface area contributed by atoms with E-state index in [1.165, 1.54) is 18.2 Å². The summed E-state index contributed by atoms with van der Waals surface area (Å²) in [5, 5.41) is 23.6. The van der Waals surface area contributed by atoms with Crippen molar-refractivity contribution in [3.05, 3.63) is 33.9 Å². The number of carbonyl (C=O) groups excluding carboxylic acids is 1. The van der Waals surface area contributed by atoms with E-state index in [1.807, 2.05) is 0 Å². The molecule has 2 unspecified atom stereocenters. The Morgan fingerprint density at radius 2 is 2.19 bits per heavy atom. The molecular weight excluding hydrogens is 274 g/mol. The van der Waals surface area contributed by atoms with Crippen molar-refractivity contribution in [1.29, 1.82) is 0 Å². The predicted octanol–water partition coefficient (Wildman–Crippen LogP) is 1.27. The van der Waals surface area contributed by atoms with E-state index in [2.05, 4.69) is 10.2 Å². The van der Waals surface area contributed by atoms with Crippen LogP contribution < -0.4 is 5.32 Å². The largest absolute Gasteiger partial charge is 0.502 e. The van der Waals surface area contributed by atoms with Crippen molar-refractivity contribution >= 4 is 11.6 Å². The number of rotatable bonds is 3. The van der Waals surface area contributed by atoms with Crippen LogP contribution in [0.3, 0.4) is 0 Å². The molecule has 0 radical (unpaired) electrons. The molecule has 2 heterocycles. The summed E-state index contributed by atoms with van der Waals surface area (Å²) in [6, 6.07) is 4.40. The van der Waals surface area contributed by atoms with E-state index in [4.69, 9.17) is 0 Å². The minimum atomic E-state index is -0.694. The minimum absolute atomic E-state index is 0.0411. The van der Waals surface area contributed by atoms with Gasteiger partial charge in [-0.2, -0.15) is 0 Å². The van der Waals surface area contributed by atoms with Crippen molar-refractivity contribution in [1.82, 2.24) is 10.2 Å². The van der Waals surface area contributed by atoms with Gasteiger partial charge in [-0.15, -0.1) is 0 Å². The lowest BCUT2D eigenvalue weighted by molar-refractivity contribution is -0.385. The van der Waals surface area contributed by atoms with Gasteiger partial charge in [0.2, 0.25) is 5.75 Å². The number of fused-ring (bicyclic) bond motifs is 1. The van der Waals surface area contributed by atoms with Crippen molar-refractivity contribution in [2.45, 2.75) is 31.3 Å². The van der Waals surface area contributed by atoms with Crippen LogP contribution in [0.1, 0.15) is 29.6 Å². The van der Waals surface area contributed by atoms with Crippen LogP contribution in [-0.2, 0) is 0 Å². The Morgan fingerprint density at radius 3 is 2.95 bits per heavy atom. The van der Waals surface area contributed by atoms with E-state index in [0.717, 1.165) is 32.4 Å². The number of nitro benzene ring substituents is 1. The summed E-state index contributed by atoms with van der Waals surface area (Å²) < 4.78 is 0. The number of benzene rings is 1. The molecule has 0 bridgehead atoms. The molecule has 7 nitrogen and oxygen atoms in total. The van der Waals surface area contributed by atoms with Crippen molar-refractivity contribution in [3.8, 4) is 5.75 Å². The Kier molecular flexibility index (Phi) is 3.50. The van der Waals surface area contributed by atoms with Crippen LogP contribution in [0.15, 0.2) is 18.2 Å². The maximum atomic E-state index is 12.3. The highest BCUT2D eigenvalue weighted by Gasteiger charge is 2.38. The van der Waals surface area contributed by atoms with Crippen molar-refractivity contribution < 1.29 is 14.8 Å². The topological polar surface area (TPSA) is 95.7 Å².